The van der Waals surface area contributed by atoms with E-state index in [0.717, 1.165) is 16.7 Å². The highest BCUT2D eigenvalue weighted by atomic mass is 16.6. The molecule has 1 saturated carbocycles. The fraction of sp³-hybridized carbons (Fsp3) is 0.324. The Kier molecular flexibility index (Phi) is 7.31. The zero-order chi connectivity index (χ0) is 30.4. The fourth-order valence-electron chi connectivity index (χ4n) is 6.60. The number of nitrogens with one attached hydrogen (secondary N) is 1. The first-order valence-corrected chi connectivity index (χ1v) is 14.2. The van der Waals surface area contributed by atoms with Crippen molar-refractivity contribution in [2.24, 2.45) is 11.8 Å². The van der Waals surface area contributed by atoms with Crippen LogP contribution in [0.15, 0.2) is 94.6 Å². The number of methoxy groups -OCH3 is 2. The van der Waals surface area contributed by atoms with Crippen LogP contribution in [0, 0.1) is 18.8 Å². The van der Waals surface area contributed by atoms with Crippen molar-refractivity contribution in [3.63, 3.8) is 0 Å². The fourth-order valence-corrected chi connectivity index (χ4v) is 6.60. The van der Waals surface area contributed by atoms with Crippen molar-refractivity contribution < 1.29 is 23.7 Å². The summed E-state index contributed by atoms with van der Waals surface area (Å²) < 4.78 is 25.7. The first kappa shape index (κ1) is 28.6. The molecule has 6 rings (SSSR count). The Balaban J connectivity index is 1.46. The van der Waals surface area contributed by atoms with Gasteiger partial charge >= 0.3 is 5.69 Å². The van der Waals surface area contributed by atoms with Gasteiger partial charge < -0.3 is 18.9 Å². The average Bonchev–Trinajstić information content (AvgIpc) is 3.45. The predicted molar refractivity (Wildman–Crippen MR) is 159 cm³/mol. The van der Waals surface area contributed by atoms with Crippen LogP contribution >= 0.6 is 0 Å². The Morgan fingerprint density at radius 3 is 2.00 bits per heavy atom. The molecule has 4 aromatic rings. The van der Waals surface area contributed by atoms with E-state index < -0.39 is 34.6 Å². The molecule has 1 aliphatic heterocycles. The number of aromatic amines is 1. The molecule has 1 saturated heterocycles. The maximum absolute atomic E-state index is 14.0. The highest BCUT2D eigenvalue weighted by Crippen LogP contribution is 2.54. The van der Waals surface area contributed by atoms with Crippen LogP contribution in [-0.2, 0) is 19.9 Å². The summed E-state index contributed by atoms with van der Waals surface area (Å²) in [7, 11) is 3.23. The molecule has 2 aliphatic rings. The predicted octanol–water partition coefficient (Wildman–Crippen LogP) is 4.36. The van der Waals surface area contributed by atoms with Crippen LogP contribution in [0.1, 0.15) is 41.8 Å². The summed E-state index contributed by atoms with van der Waals surface area (Å²) in [5, 5.41) is 0. The summed E-state index contributed by atoms with van der Waals surface area (Å²) in [4.78, 5) is 41.2. The molecule has 9 heteroatoms. The molecule has 2 fully saturated rings. The number of hydrogen-bond acceptors (Lipinski definition) is 7. The van der Waals surface area contributed by atoms with Gasteiger partial charge in [-0.1, -0.05) is 61.5 Å². The maximum atomic E-state index is 14.0. The SMILES string of the molecule is COc1ccc(C(OC[C@@]23C[C@@H](C)[C@@H](C2=O)[C@H](n2cc(C)c(=O)[nH]c2=O)O3)(c2ccccc2)c2ccc(OC)cc2)cc1. The number of hydrogen-bond donors (Lipinski definition) is 1. The zero-order valence-corrected chi connectivity index (χ0v) is 24.5. The molecule has 4 atom stereocenters. The molecule has 9 nitrogen and oxygen atoms in total. The number of carbonyl (C=O) groups is 1. The molecule has 0 unspecified atom stereocenters. The molecule has 222 valence electrons. The second kappa shape index (κ2) is 11.0. The molecule has 2 heterocycles. The lowest BCUT2D eigenvalue weighted by molar-refractivity contribution is -0.169. The summed E-state index contributed by atoms with van der Waals surface area (Å²) in [6.45, 7) is 3.54. The summed E-state index contributed by atoms with van der Waals surface area (Å²) in [5.74, 6) is 0.671. The number of rotatable bonds is 9. The van der Waals surface area contributed by atoms with Crippen molar-refractivity contribution in [2.75, 3.05) is 20.8 Å². The molecular weight excluding hydrogens is 548 g/mol. The Bertz CT molecular complexity index is 1700. The molecule has 43 heavy (non-hydrogen) atoms. The first-order chi connectivity index (χ1) is 20.7. The maximum Gasteiger partial charge on any atom is 0.330 e. The van der Waals surface area contributed by atoms with Crippen LogP contribution in [0.5, 0.6) is 11.5 Å². The number of aryl methyl sites for hydroxylation is 1. The third kappa shape index (κ3) is 4.69. The van der Waals surface area contributed by atoms with Gasteiger partial charge in [0.15, 0.2) is 11.4 Å². The smallest absolute Gasteiger partial charge is 0.330 e. The average molecular weight is 583 g/mol. The number of benzene rings is 3. The number of ketones is 1. The van der Waals surface area contributed by atoms with Gasteiger partial charge in [0.25, 0.3) is 5.56 Å². The number of aromatic nitrogens is 2. The molecule has 0 radical (unpaired) electrons. The van der Waals surface area contributed by atoms with E-state index in [-0.39, 0.29) is 18.3 Å². The van der Waals surface area contributed by atoms with Crippen LogP contribution in [-0.4, -0.2) is 41.8 Å². The normalized spacial score (nSPS) is 23.0. The lowest BCUT2D eigenvalue weighted by Crippen LogP contribution is -2.45. The number of nitrogens with zero attached hydrogens (tertiary/aromatic N) is 1. The van der Waals surface area contributed by atoms with Crippen molar-refractivity contribution >= 4 is 5.78 Å². The lowest BCUT2D eigenvalue weighted by atomic mass is 9.79. The summed E-state index contributed by atoms with van der Waals surface area (Å²) in [6, 6.07) is 25.2. The molecular formula is C34H34N2O7. The molecule has 0 amide bonds. The van der Waals surface area contributed by atoms with Crippen LogP contribution in [0.25, 0.3) is 0 Å². The highest BCUT2D eigenvalue weighted by molar-refractivity contribution is 5.94. The quantitative estimate of drug-likeness (QED) is 0.292. The summed E-state index contributed by atoms with van der Waals surface area (Å²) >= 11 is 0. The van der Waals surface area contributed by atoms with Gasteiger partial charge in [0.2, 0.25) is 0 Å². The van der Waals surface area contributed by atoms with Gasteiger partial charge in [0.1, 0.15) is 23.3 Å². The van der Waals surface area contributed by atoms with Crippen LogP contribution in [0.3, 0.4) is 0 Å². The summed E-state index contributed by atoms with van der Waals surface area (Å²) in [5.41, 5.74) is -0.610. The van der Waals surface area contributed by atoms with Gasteiger partial charge in [-0.15, -0.1) is 0 Å². The van der Waals surface area contributed by atoms with E-state index in [4.69, 9.17) is 18.9 Å². The van der Waals surface area contributed by atoms with Gasteiger partial charge in [0.05, 0.1) is 26.7 Å². The molecule has 3 aromatic carbocycles. The zero-order valence-electron chi connectivity index (χ0n) is 24.5. The second-order valence-corrected chi connectivity index (χ2v) is 11.3. The largest absolute Gasteiger partial charge is 0.497 e. The lowest BCUT2D eigenvalue weighted by Gasteiger charge is -2.39. The third-order valence-electron chi connectivity index (χ3n) is 8.79. The van der Waals surface area contributed by atoms with E-state index in [9.17, 15) is 14.4 Å². The number of fused-ring (bicyclic) bond motifs is 2. The number of carbonyl (C=O) groups excluding carboxylic acids is 1. The second-order valence-electron chi connectivity index (χ2n) is 11.3. The van der Waals surface area contributed by atoms with Crippen LogP contribution < -0.4 is 20.7 Å². The summed E-state index contributed by atoms with van der Waals surface area (Å²) in [6.07, 6.45) is 1.06. The Morgan fingerprint density at radius 2 is 1.44 bits per heavy atom. The number of H-pyrrole nitrogens is 1. The van der Waals surface area contributed by atoms with Crippen molar-refractivity contribution in [3.8, 4) is 11.5 Å². The number of Topliss-reactive ketones (excluding diaryl/α,β-unsaturated/α-hetero) is 1. The minimum Gasteiger partial charge on any atom is -0.497 e. The van der Waals surface area contributed by atoms with Gasteiger partial charge in [0, 0.05) is 11.8 Å². The van der Waals surface area contributed by atoms with Gasteiger partial charge in [-0.2, -0.15) is 0 Å². The Morgan fingerprint density at radius 1 is 0.884 bits per heavy atom. The third-order valence-corrected chi connectivity index (χ3v) is 8.79. The van der Waals surface area contributed by atoms with E-state index in [1.807, 2.05) is 85.8 Å². The highest BCUT2D eigenvalue weighted by Gasteiger charge is 2.64. The van der Waals surface area contributed by atoms with Crippen molar-refractivity contribution in [3.05, 3.63) is 128 Å². The monoisotopic (exact) mass is 582 g/mol. The van der Waals surface area contributed by atoms with E-state index in [1.165, 1.54) is 10.8 Å². The molecule has 0 spiro atoms. The molecule has 2 bridgehead atoms. The van der Waals surface area contributed by atoms with E-state index in [0.29, 0.717) is 23.5 Å². The van der Waals surface area contributed by atoms with E-state index >= 15 is 0 Å². The minimum atomic E-state index is -1.28. The molecule has 1 aliphatic carbocycles. The van der Waals surface area contributed by atoms with Crippen LogP contribution in [0.2, 0.25) is 0 Å². The van der Waals surface area contributed by atoms with E-state index in [2.05, 4.69) is 4.98 Å². The minimum absolute atomic E-state index is 0.0623. The van der Waals surface area contributed by atoms with E-state index in [1.54, 1.807) is 21.1 Å². The van der Waals surface area contributed by atoms with Crippen molar-refractivity contribution in [2.45, 2.75) is 37.7 Å². The molecule has 1 N–H and O–H groups in total. The van der Waals surface area contributed by atoms with Crippen molar-refractivity contribution in [1.82, 2.24) is 9.55 Å². The standard InChI is InChI=1S/C34H34N2O7/c1-21-18-33(29(37)28(21)31(43-33)36-19-22(2)30(38)35-32(36)39)20-42-34(23-8-6-5-7-9-23,24-10-14-26(40-3)15-11-24)25-12-16-27(41-4)17-13-25/h5-17,19,21,28,31H,18,20H2,1-4H3,(H,35,38,39)/t21-,28+,31-,33+/m1/s1. The van der Waals surface area contributed by atoms with Gasteiger partial charge in [-0.3, -0.25) is 19.1 Å². The Labute approximate surface area is 249 Å². The van der Waals surface area contributed by atoms with Crippen LogP contribution in [0.4, 0.5) is 0 Å². The molecule has 1 aromatic heterocycles. The first-order valence-electron chi connectivity index (χ1n) is 14.2. The topological polar surface area (TPSA) is 109 Å². The number of ether oxygens (including phenoxy) is 4. The van der Waals surface area contributed by atoms with Gasteiger partial charge in [-0.25, -0.2) is 4.79 Å². The van der Waals surface area contributed by atoms with Gasteiger partial charge in [-0.05, 0) is 60.2 Å². The Hall–Kier alpha value is -4.47. The van der Waals surface area contributed by atoms with Crippen molar-refractivity contribution in [1.29, 1.82) is 0 Å².